The molecular weight excluding hydrogens is 398 g/mol. The first-order valence-corrected chi connectivity index (χ1v) is 9.67. The molecular formula is C22H15Cl2FN2O. The molecule has 0 saturated heterocycles. The molecule has 0 spiro atoms. The predicted octanol–water partition coefficient (Wildman–Crippen LogP) is 6.37. The van der Waals surface area contributed by atoms with Crippen molar-refractivity contribution in [1.82, 2.24) is 5.01 Å². The van der Waals surface area contributed by atoms with Gasteiger partial charge in [-0.05, 0) is 48.0 Å². The number of benzene rings is 3. The highest BCUT2D eigenvalue weighted by molar-refractivity contribution is 6.30. The molecule has 2 heterocycles. The van der Waals surface area contributed by atoms with Gasteiger partial charge in [0.15, 0.2) is 0 Å². The zero-order valence-electron chi connectivity index (χ0n) is 14.6. The molecule has 0 saturated carbocycles. The van der Waals surface area contributed by atoms with Crippen molar-refractivity contribution >= 4 is 28.9 Å². The van der Waals surface area contributed by atoms with Gasteiger partial charge in [-0.25, -0.2) is 9.40 Å². The minimum Gasteiger partial charge on any atom is -0.464 e. The molecule has 2 atom stereocenters. The molecule has 0 amide bonds. The molecule has 2 aliphatic heterocycles. The van der Waals surface area contributed by atoms with Crippen LogP contribution in [0.1, 0.15) is 35.4 Å². The summed E-state index contributed by atoms with van der Waals surface area (Å²) in [5.41, 5.74) is 3.74. The van der Waals surface area contributed by atoms with Gasteiger partial charge in [0.1, 0.15) is 11.6 Å². The molecule has 0 aromatic heterocycles. The predicted molar refractivity (Wildman–Crippen MR) is 108 cm³/mol. The summed E-state index contributed by atoms with van der Waals surface area (Å²) in [6, 6.07) is 19.6. The maximum Gasteiger partial charge on any atom is 0.213 e. The van der Waals surface area contributed by atoms with Crippen LogP contribution in [0.25, 0.3) is 0 Å². The van der Waals surface area contributed by atoms with E-state index in [4.69, 9.17) is 33.0 Å². The van der Waals surface area contributed by atoms with E-state index >= 15 is 0 Å². The Balaban J connectivity index is 1.59. The fraction of sp³-hybridized carbons (Fsp3) is 0.136. The number of ether oxygens (including phenoxy) is 1. The molecule has 0 fully saturated rings. The first kappa shape index (κ1) is 17.5. The lowest BCUT2D eigenvalue weighted by atomic mass is 9.96. The summed E-state index contributed by atoms with van der Waals surface area (Å²) in [7, 11) is 0. The van der Waals surface area contributed by atoms with E-state index in [1.807, 2.05) is 47.5 Å². The van der Waals surface area contributed by atoms with Gasteiger partial charge in [-0.1, -0.05) is 47.5 Å². The minimum atomic E-state index is -0.381. The number of hydrogen-bond donors (Lipinski definition) is 0. The van der Waals surface area contributed by atoms with Crippen LogP contribution in [-0.2, 0) is 0 Å². The van der Waals surface area contributed by atoms with Gasteiger partial charge in [-0.2, -0.15) is 5.10 Å². The smallest absolute Gasteiger partial charge is 0.213 e. The van der Waals surface area contributed by atoms with Gasteiger partial charge in [0, 0.05) is 27.6 Å². The average molecular weight is 413 g/mol. The van der Waals surface area contributed by atoms with Crippen molar-refractivity contribution in [2.24, 2.45) is 5.10 Å². The Bertz CT molecular complexity index is 1070. The maximum absolute atomic E-state index is 13.3. The van der Waals surface area contributed by atoms with Gasteiger partial charge in [0.05, 0.1) is 11.8 Å². The fourth-order valence-electron chi connectivity index (χ4n) is 3.72. The molecule has 28 heavy (non-hydrogen) atoms. The van der Waals surface area contributed by atoms with E-state index in [9.17, 15) is 4.39 Å². The Labute approximate surface area is 172 Å². The summed E-state index contributed by atoms with van der Waals surface area (Å²) in [6.07, 6.45) is 0.306. The average Bonchev–Trinajstić information content (AvgIpc) is 3.14. The Kier molecular flexibility index (Phi) is 4.26. The van der Waals surface area contributed by atoms with Crippen molar-refractivity contribution in [1.29, 1.82) is 0 Å². The third-order valence-electron chi connectivity index (χ3n) is 5.08. The highest BCUT2D eigenvalue weighted by atomic mass is 35.5. The van der Waals surface area contributed by atoms with E-state index in [0.717, 1.165) is 28.2 Å². The van der Waals surface area contributed by atoms with E-state index in [-0.39, 0.29) is 18.1 Å². The van der Waals surface area contributed by atoms with Crippen LogP contribution >= 0.6 is 23.2 Å². The van der Waals surface area contributed by atoms with Crippen molar-refractivity contribution in [3.05, 3.63) is 99.3 Å². The molecule has 3 nitrogen and oxygen atoms in total. The second kappa shape index (κ2) is 6.80. The van der Waals surface area contributed by atoms with E-state index in [2.05, 4.69) is 0 Å². The highest BCUT2D eigenvalue weighted by Crippen LogP contribution is 2.48. The Hall–Kier alpha value is -2.56. The van der Waals surface area contributed by atoms with Crippen LogP contribution in [-0.4, -0.2) is 10.7 Å². The van der Waals surface area contributed by atoms with Gasteiger partial charge in [0.25, 0.3) is 0 Å². The number of rotatable bonds is 2. The van der Waals surface area contributed by atoms with Crippen molar-refractivity contribution in [3.8, 4) is 5.75 Å². The van der Waals surface area contributed by atoms with Gasteiger partial charge < -0.3 is 4.74 Å². The lowest BCUT2D eigenvalue weighted by Gasteiger charge is -2.38. The zero-order chi connectivity index (χ0) is 19.3. The van der Waals surface area contributed by atoms with Crippen molar-refractivity contribution in [2.75, 3.05) is 0 Å². The third kappa shape index (κ3) is 3.03. The molecule has 3 aromatic rings. The summed E-state index contributed by atoms with van der Waals surface area (Å²) in [6.45, 7) is 0. The van der Waals surface area contributed by atoms with Crippen LogP contribution in [0.5, 0.6) is 5.75 Å². The Morgan fingerprint density at radius 2 is 1.64 bits per heavy atom. The number of nitrogens with zero attached hydrogens (tertiary/aromatic N) is 2. The summed E-state index contributed by atoms with van der Waals surface area (Å²) < 4.78 is 19.6. The van der Waals surface area contributed by atoms with Crippen LogP contribution in [0.3, 0.4) is 0 Å². The monoisotopic (exact) mass is 412 g/mol. The normalized spacial score (nSPS) is 20.2. The lowest BCUT2D eigenvalue weighted by molar-refractivity contribution is -0.0190. The molecule has 140 valence electrons. The van der Waals surface area contributed by atoms with Crippen LogP contribution in [0.4, 0.5) is 4.39 Å². The molecule has 0 N–H and O–H groups in total. The standard InChI is InChI=1S/C22H15Cl2FN2O/c23-15-5-1-14(2-6-15)22-27-20(18-11-16(24)7-10-21(18)28-22)12-19(26-27)13-3-8-17(25)9-4-13/h1-11,20,22H,12H2/t20-,22+/m1/s1. The van der Waals surface area contributed by atoms with Gasteiger partial charge in [-0.15, -0.1) is 0 Å². The molecule has 0 unspecified atom stereocenters. The summed E-state index contributed by atoms with van der Waals surface area (Å²) in [4.78, 5) is 0. The Morgan fingerprint density at radius 1 is 0.929 bits per heavy atom. The van der Waals surface area contributed by atoms with E-state index in [1.54, 1.807) is 12.1 Å². The van der Waals surface area contributed by atoms with E-state index < -0.39 is 0 Å². The highest BCUT2D eigenvalue weighted by Gasteiger charge is 2.41. The largest absolute Gasteiger partial charge is 0.464 e. The third-order valence-corrected chi connectivity index (χ3v) is 5.57. The first-order valence-electron chi connectivity index (χ1n) is 8.92. The number of hydrogen-bond acceptors (Lipinski definition) is 3. The molecule has 6 heteroatoms. The maximum atomic E-state index is 13.3. The molecule has 5 rings (SSSR count). The number of hydrazone groups is 1. The van der Waals surface area contributed by atoms with Crippen molar-refractivity contribution < 1.29 is 9.13 Å². The van der Waals surface area contributed by atoms with E-state index in [1.165, 1.54) is 12.1 Å². The summed E-state index contributed by atoms with van der Waals surface area (Å²) in [5, 5.41) is 8.13. The molecule has 0 bridgehead atoms. The van der Waals surface area contributed by atoms with Gasteiger partial charge in [0.2, 0.25) is 6.23 Å². The lowest BCUT2D eigenvalue weighted by Crippen LogP contribution is -2.33. The van der Waals surface area contributed by atoms with Gasteiger partial charge >= 0.3 is 0 Å². The SMILES string of the molecule is Fc1ccc(C2=NN3[C@H](C2)c2cc(Cl)ccc2O[C@H]3c2ccc(Cl)cc2)cc1. The number of halogens is 3. The fourth-order valence-corrected chi connectivity index (χ4v) is 4.03. The first-order chi connectivity index (χ1) is 13.6. The summed E-state index contributed by atoms with van der Waals surface area (Å²) in [5.74, 6) is 0.528. The number of fused-ring (bicyclic) bond motifs is 3. The van der Waals surface area contributed by atoms with Crippen molar-refractivity contribution in [3.63, 3.8) is 0 Å². The van der Waals surface area contributed by atoms with Gasteiger partial charge in [-0.3, -0.25) is 0 Å². The van der Waals surface area contributed by atoms with Crippen LogP contribution in [0, 0.1) is 5.82 Å². The van der Waals surface area contributed by atoms with E-state index in [0.29, 0.717) is 16.5 Å². The molecule has 3 aromatic carbocycles. The molecule has 2 aliphatic rings. The molecule has 0 radical (unpaired) electrons. The summed E-state index contributed by atoms with van der Waals surface area (Å²) >= 11 is 12.3. The quantitative estimate of drug-likeness (QED) is 0.487. The van der Waals surface area contributed by atoms with Crippen LogP contribution in [0.2, 0.25) is 10.0 Å². The van der Waals surface area contributed by atoms with Crippen LogP contribution < -0.4 is 4.74 Å². The van der Waals surface area contributed by atoms with Crippen molar-refractivity contribution in [2.45, 2.75) is 18.7 Å². The zero-order valence-corrected chi connectivity index (χ0v) is 16.2. The minimum absolute atomic E-state index is 0.0109. The Morgan fingerprint density at radius 3 is 2.39 bits per heavy atom. The van der Waals surface area contributed by atoms with Crippen LogP contribution in [0.15, 0.2) is 71.8 Å². The molecule has 0 aliphatic carbocycles. The topological polar surface area (TPSA) is 24.8 Å². The second-order valence-electron chi connectivity index (χ2n) is 6.86. The second-order valence-corrected chi connectivity index (χ2v) is 7.73.